The second-order valence-corrected chi connectivity index (χ2v) is 5.95. The first-order valence-electron chi connectivity index (χ1n) is 8.41. The minimum atomic E-state index is -0.149. The van der Waals surface area contributed by atoms with E-state index in [0.717, 1.165) is 23.1 Å². The molecule has 0 bridgehead atoms. The normalized spacial score (nSPS) is 10.3. The number of carbonyl (C=O) groups is 1. The van der Waals surface area contributed by atoms with E-state index in [1.165, 1.54) is 6.92 Å². The van der Waals surface area contributed by atoms with E-state index in [1.807, 2.05) is 37.3 Å². The molecule has 0 amide bonds. The monoisotopic (exact) mass is 376 g/mol. The molecule has 136 valence electrons. The van der Waals surface area contributed by atoms with Crippen molar-refractivity contribution in [2.75, 3.05) is 0 Å². The van der Waals surface area contributed by atoms with Crippen LogP contribution in [0.25, 0.3) is 11.4 Å². The molecular formula is C19H21N4NaO3. The van der Waals surface area contributed by atoms with Crippen LogP contribution in [-0.4, -0.2) is 31.5 Å². The molecule has 27 heavy (non-hydrogen) atoms. The van der Waals surface area contributed by atoms with E-state index in [2.05, 4.69) is 20.6 Å². The van der Waals surface area contributed by atoms with Crippen molar-refractivity contribution in [3.8, 4) is 22.9 Å². The van der Waals surface area contributed by atoms with Crippen molar-refractivity contribution in [2.45, 2.75) is 33.3 Å². The van der Waals surface area contributed by atoms with E-state index in [4.69, 9.17) is 4.74 Å². The molecule has 0 saturated carbocycles. The van der Waals surface area contributed by atoms with Gasteiger partial charge in [-0.25, -0.2) is 0 Å². The van der Waals surface area contributed by atoms with Gasteiger partial charge >= 0.3 is 29.6 Å². The van der Waals surface area contributed by atoms with Crippen LogP contribution in [0.15, 0.2) is 36.4 Å². The van der Waals surface area contributed by atoms with Crippen molar-refractivity contribution in [1.29, 1.82) is 0 Å². The van der Waals surface area contributed by atoms with Crippen molar-refractivity contribution in [3.63, 3.8) is 0 Å². The standard InChI is InChI=1S/C19H20N4O3.Na.H/c1-3-4-17-14(7-10-16(12(2)24)18(17)25)11-26-15-8-5-13(6-9-15)19-20-22-23-21-19;;/h5-10,25H,3-4,11H2,1-2H3,(H,20,21,22,23);;/q;+1;-1. The zero-order chi connectivity index (χ0) is 18.5. The van der Waals surface area contributed by atoms with E-state index < -0.39 is 0 Å². The summed E-state index contributed by atoms with van der Waals surface area (Å²) in [5, 5.41) is 24.2. The van der Waals surface area contributed by atoms with Crippen LogP contribution < -0.4 is 34.3 Å². The fourth-order valence-electron chi connectivity index (χ4n) is 2.77. The van der Waals surface area contributed by atoms with Gasteiger partial charge in [0.15, 0.2) is 5.78 Å². The summed E-state index contributed by atoms with van der Waals surface area (Å²) in [6.45, 7) is 3.79. The Kier molecular flexibility index (Phi) is 7.53. The second-order valence-electron chi connectivity index (χ2n) is 5.95. The first-order valence-corrected chi connectivity index (χ1v) is 8.41. The summed E-state index contributed by atoms with van der Waals surface area (Å²) in [6, 6.07) is 10.8. The summed E-state index contributed by atoms with van der Waals surface area (Å²) < 4.78 is 5.85. The molecule has 0 fully saturated rings. The molecule has 0 atom stereocenters. The Morgan fingerprint density at radius 1 is 1.22 bits per heavy atom. The second kappa shape index (κ2) is 9.64. The molecule has 0 saturated heterocycles. The molecule has 0 aliphatic heterocycles. The Morgan fingerprint density at radius 3 is 2.56 bits per heavy atom. The Bertz CT molecular complexity index is 902. The molecule has 0 unspecified atom stereocenters. The number of H-pyrrole nitrogens is 1. The third-order valence-corrected chi connectivity index (χ3v) is 4.11. The molecule has 8 heteroatoms. The van der Waals surface area contributed by atoms with E-state index in [9.17, 15) is 9.90 Å². The van der Waals surface area contributed by atoms with Crippen LogP contribution in [0.5, 0.6) is 11.5 Å². The van der Waals surface area contributed by atoms with Gasteiger partial charge in [0.2, 0.25) is 5.82 Å². The number of ether oxygens (including phenoxy) is 1. The number of hydrogen-bond donors (Lipinski definition) is 2. The number of aromatic amines is 1. The van der Waals surface area contributed by atoms with Gasteiger partial charge in [0.1, 0.15) is 18.1 Å². The Labute approximate surface area is 180 Å². The molecule has 0 radical (unpaired) electrons. The molecule has 3 rings (SSSR count). The van der Waals surface area contributed by atoms with E-state index in [0.29, 0.717) is 30.2 Å². The smallest absolute Gasteiger partial charge is 1.00 e. The number of phenols is 1. The fraction of sp³-hybridized carbons (Fsp3) is 0.263. The average molecular weight is 376 g/mol. The van der Waals surface area contributed by atoms with Crippen molar-refractivity contribution in [1.82, 2.24) is 20.6 Å². The Balaban J connectivity index is 0.00000196. The Morgan fingerprint density at radius 2 is 1.96 bits per heavy atom. The fourth-order valence-corrected chi connectivity index (χ4v) is 2.77. The molecule has 0 spiro atoms. The zero-order valence-corrected chi connectivity index (χ0v) is 17.7. The largest absolute Gasteiger partial charge is 1.00 e. The van der Waals surface area contributed by atoms with Crippen LogP contribution in [-0.2, 0) is 13.0 Å². The Hall–Kier alpha value is -2.22. The maximum Gasteiger partial charge on any atom is 1.00 e. The number of aromatic nitrogens is 4. The summed E-state index contributed by atoms with van der Waals surface area (Å²) >= 11 is 0. The van der Waals surface area contributed by atoms with Gasteiger partial charge in [-0.1, -0.05) is 19.4 Å². The molecule has 2 N–H and O–H groups in total. The predicted octanol–water partition coefficient (Wildman–Crippen LogP) is 0.423. The number of tetrazole rings is 1. The molecule has 7 nitrogen and oxygen atoms in total. The van der Waals surface area contributed by atoms with Gasteiger partial charge in [-0.15, -0.1) is 10.2 Å². The number of carbonyl (C=O) groups excluding carboxylic acids is 1. The summed E-state index contributed by atoms with van der Waals surface area (Å²) in [7, 11) is 0. The average Bonchev–Trinajstić information content (AvgIpc) is 3.17. The number of ketones is 1. The van der Waals surface area contributed by atoms with Gasteiger partial charge in [0, 0.05) is 11.1 Å². The maximum atomic E-state index is 11.6. The van der Waals surface area contributed by atoms with Gasteiger partial charge < -0.3 is 11.3 Å². The van der Waals surface area contributed by atoms with Crippen LogP contribution >= 0.6 is 0 Å². The third-order valence-electron chi connectivity index (χ3n) is 4.11. The molecule has 1 heterocycles. The summed E-state index contributed by atoms with van der Waals surface area (Å²) in [4.78, 5) is 11.6. The number of Topliss-reactive ketones (excluding diaryl/α,β-unsaturated/α-hetero) is 1. The zero-order valence-electron chi connectivity index (χ0n) is 16.7. The summed E-state index contributed by atoms with van der Waals surface area (Å²) in [5.41, 5.74) is 2.82. The molecular weight excluding hydrogens is 355 g/mol. The number of rotatable bonds is 7. The van der Waals surface area contributed by atoms with Crippen molar-refractivity contribution in [3.05, 3.63) is 53.1 Å². The topological polar surface area (TPSA) is 101 Å². The minimum absolute atomic E-state index is 0. The van der Waals surface area contributed by atoms with E-state index >= 15 is 0 Å². The molecule has 0 aliphatic rings. The third kappa shape index (κ3) is 4.94. The minimum Gasteiger partial charge on any atom is -1.00 e. The van der Waals surface area contributed by atoms with Gasteiger partial charge in [-0.3, -0.25) is 4.79 Å². The summed E-state index contributed by atoms with van der Waals surface area (Å²) in [6.07, 6.45) is 1.55. The number of phenolic OH excluding ortho intramolecular Hbond substituents is 1. The quantitative estimate of drug-likeness (QED) is 0.458. The molecule has 2 aromatic carbocycles. The van der Waals surface area contributed by atoms with Crippen molar-refractivity contribution in [2.24, 2.45) is 0 Å². The number of hydrogen-bond acceptors (Lipinski definition) is 6. The predicted molar refractivity (Wildman–Crippen MR) is 97.2 cm³/mol. The number of aromatic hydroxyl groups is 1. The first-order chi connectivity index (χ1) is 12.6. The van der Waals surface area contributed by atoms with E-state index in [-0.39, 0.29) is 42.5 Å². The van der Waals surface area contributed by atoms with Crippen LogP contribution in [0.1, 0.15) is 43.2 Å². The number of nitrogens with one attached hydrogen (secondary N) is 1. The van der Waals surface area contributed by atoms with Gasteiger partial charge in [-0.05, 0) is 54.5 Å². The molecule has 3 aromatic rings. The van der Waals surface area contributed by atoms with Gasteiger partial charge in [0.25, 0.3) is 0 Å². The van der Waals surface area contributed by atoms with Crippen molar-refractivity contribution >= 4 is 5.78 Å². The first kappa shape index (κ1) is 21.1. The van der Waals surface area contributed by atoms with Crippen molar-refractivity contribution < 1.29 is 45.6 Å². The molecule has 0 aliphatic carbocycles. The van der Waals surface area contributed by atoms with Crippen LogP contribution in [0.2, 0.25) is 0 Å². The van der Waals surface area contributed by atoms with Crippen LogP contribution in [0, 0.1) is 0 Å². The van der Waals surface area contributed by atoms with Gasteiger partial charge in [-0.2, -0.15) is 5.21 Å². The van der Waals surface area contributed by atoms with Crippen LogP contribution in [0.3, 0.4) is 0 Å². The van der Waals surface area contributed by atoms with Crippen LogP contribution in [0.4, 0.5) is 0 Å². The SMILES string of the molecule is CCCc1c(COc2ccc(-c3nn[nH]n3)cc2)ccc(C(C)=O)c1O.[H-].[Na+]. The number of benzene rings is 2. The van der Waals surface area contributed by atoms with Gasteiger partial charge in [0.05, 0.1) is 5.56 Å². The van der Waals surface area contributed by atoms with E-state index in [1.54, 1.807) is 6.07 Å². The summed E-state index contributed by atoms with van der Waals surface area (Å²) in [5.74, 6) is 1.12. The molecule has 1 aromatic heterocycles. The maximum absolute atomic E-state index is 11.6. The number of nitrogens with zero attached hydrogens (tertiary/aromatic N) is 3.